The molecule has 1 N–H and O–H groups in total. The molecular formula is C11H9NO2. The lowest BCUT2D eigenvalue weighted by molar-refractivity contribution is -0.136. The van der Waals surface area contributed by atoms with Crippen LogP contribution in [0.2, 0.25) is 0 Å². The number of rotatable bonds is 3. The molecule has 0 saturated carbocycles. The van der Waals surface area contributed by atoms with Crippen LogP contribution in [0.4, 0.5) is 0 Å². The van der Waals surface area contributed by atoms with Crippen LogP contribution in [-0.2, 0) is 11.2 Å². The van der Waals surface area contributed by atoms with E-state index >= 15 is 0 Å². The van der Waals surface area contributed by atoms with Crippen molar-refractivity contribution in [2.45, 2.75) is 6.42 Å². The van der Waals surface area contributed by atoms with Gasteiger partial charge < -0.3 is 5.11 Å². The SMILES string of the molecule is N#CC=Cc1ccccc1CC(=O)O. The van der Waals surface area contributed by atoms with Crippen molar-refractivity contribution in [1.29, 1.82) is 5.26 Å². The van der Waals surface area contributed by atoms with E-state index < -0.39 is 5.97 Å². The normalized spacial score (nSPS) is 9.93. The number of nitriles is 1. The molecule has 3 nitrogen and oxygen atoms in total. The zero-order valence-electron chi connectivity index (χ0n) is 7.47. The van der Waals surface area contributed by atoms with E-state index in [1.165, 1.54) is 6.08 Å². The molecule has 0 bridgehead atoms. The number of carbonyl (C=O) groups is 1. The summed E-state index contributed by atoms with van der Waals surface area (Å²) >= 11 is 0. The second-order valence-electron chi connectivity index (χ2n) is 2.73. The van der Waals surface area contributed by atoms with Gasteiger partial charge in [0.2, 0.25) is 0 Å². The highest BCUT2D eigenvalue weighted by atomic mass is 16.4. The maximum Gasteiger partial charge on any atom is 0.307 e. The average Bonchev–Trinajstić information content (AvgIpc) is 2.16. The van der Waals surface area contributed by atoms with Gasteiger partial charge >= 0.3 is 5.97 Å². The van der Waals surface area contributed by atoms with Crippen LogP contribution in [-0.4, -0.2) is 11.1 Å². The second kappa shape index (κ2) is 4.83. The topological polar surface area (TPSA) is 61.1 Å². The Morgan fingerprint density at radius 3 is 2.86 bits per heavy atom. The fraction of sp³-hybridized carbons (Fsp3) is 0.0909. The number of carboxylic acid groups (broad SMARTS) is 1. The number of benzene rings is 1. The van der Waals surface area contributed by atoms with E-state index in [4.69, 9.17) is 10.4 Å². The van der Waals surface area contributed by atoms with Crippen molar-refractivity contribution in [2.24, 2.45) is 0 Å². The van der Waals surface area contributed by atoms with Gasteiger partial charge in [-0.2, -0.15) is 5.26 Å². The second-order valence-corrected chi connectivity index (χ2v) is 2.73. The molecule has 1 rings (SSSR count). The molecule has 1 aromatic carbocycles. The summed E-state index contributed by atoms with van der Waals surface area (Å²) in [5.41, 5.74) is 1.49. The summed E-state index contributed by atoms with van der Waals surface area (Å²) in [6.45, 7) is 0. The summed E-state index contributed by atoms with van der Waals surface area (Å²) in [7, 11) is 0. The summed E-state index contributed by atoms with van der Waals surface area (Å²) in [5.74, 6) is -0.872. The van der Waals surface area contributed by atoms with E-state index in [1.807, 2.05) is 12.1 Å². The number of nitrogens with zero attached hydrogens (tertiary/aromatic N) is 1. The van der Waals surface area contributed by atoms with Crippen LogP contribution >= 0.6 is 0 Å². The Bertz CT molecular complexity index is 402. The van der Waals surface area contributed by atoms with Crippen molar-refractivity contribution in [3.8, 4) is 6.07 Å². The molecule has 0 fully saturated rings. The first-order chi connectivity index (χ1) is 6.74. The summed E-state index contributed by atoms with van der Waals surface area (Å²) in [5, 5.41) is 17.0. The molecule has 0 aliphatic heterocycles. The van der Waals surface area contributed by atoms with E-state index in [2.05, 4.69) is 0 Å². The quantitative estimate of drug-likeness (QED) is 0.734. The fourth-order valence-electron chi connectivity index (χ4n) is 1.15. The minimum absolute atomic E-state index is 0.0219. The maximum absolute atomic E-state index is 10.5. The third-order valence-corrected chi connectivity index (χ3v) is 1.73. The Balaban J connectivity index is 2.98. The average molecular weight is 187 g/mol. The third kappa shape index (κ3) is 2.76. The summed E-state index contributed by atoms with van der Waals surface area (Å²) < 4.78 is 0. The Labute approximate surface area is 81.9 Å². The summed E-state index contributed by atoms with van der Waals surface area (Å²) in [6.07, 6.45) is 2.92. The zero-order valence-corrected chi connectivity index (χ0v) is 7.47. The van der Waals surface area contributed by atoms with E-state index in [9.17, 15) is 4.79 Å². The Morgan fingerprint density at radius 1 is 1.50 bits per heavy atom. The van der Waals surface area contributed by atoms with Crippen LogP contribution in [0.1, 0.15) is 11.1 Å². The largest absolute Gasteiger partial charge is 0.481 e. The van der Waals surface area contributed by atoms with Crippen LogP contribution in [0.3, 0.4) is 0 Å². The first-order valence-electron chi connectivity index (χ1n) is 4.10. The van der Waals surface area contributed by atoms with Gasteiger partial charge in [-0.05, 0) is 17.2 Å². The van der Waals surface area contributed by atoms with Gasteiger partial charge in [0.05, 0.1) is 12.5 Å². The van der Waals surface area contributed by atoms with Crippen molar-refractivity contribution >= 4 is 12.0 Å². The van der Waals surface area contributed by atoms with Crippen LogP contribution in [0.25, 0.3) is 6.08 Å². The Morgan fingerprint density at radius 2 is 2.21 bits per heavy atom. The van der Waals surface area contributed by atoms with Gasteiger partial charge in [0.25, 0.3) is 0 Å². The lowest BCUT2D eigenvalue weighted by Crippen LogP contribution is -2.01. The smallest absolute Gasteiger partial charge is 0.307 e. The number of hydrogen-bond acceptors (Lipinski definition) is 2. The molecule has 0 heterocycles. The van der Waals surface area contributed by atoms with Gasteiger partial charge in [-0.1, -0.05) is 24.3 Å². The molecule has 0 radical (unpaired) electrons. The van der Waals surface area contributed by atoms with Crippen molar-refractivity contribution in [1.82, 2.24) is 0 Å². The van der Waals surface area contributed by atoms with Crippen molar-refractivity contribution in [3.05, 3.63) is 41.5 Å². The van der Waals surface area contributed by atoms with Crippen LogP contribution in [0, 0.1) is 11.3 Å². The molecule has 0 atom stereocenters. The molecule has 0 unspecified atom stereocenters. The predicted octanol–water partition coefficient (Wildman–Crippen LogP) is 1.85. The first-order valence-corrected chi connectivity index (χ1v) is 4.10. The van der Waals surface area contributed by atoms with Gasteiger partial charge in [0.15, 0.2) is 0 Å². The van der Waals surface area contributed by atoms with Gasteiger partial charge in [-0.3, -0.25) is 4.79 Å². The van der Waals surface area contributed by atoms with Crippen LogP contribution < -0.4 is 0 Å². The predicted molar refractivity (Wildman–Crippen MR) is 52.4 cm³/mol. The molecule has 0 spiro atoms. The van der Waals surface area contributed by atoms with Crippen LogP contribution in [0.15, 0.2) is 30.3 Å². The highest BCUT2D eigenvalue weighted by molar-refractivity contribution is 5.72. The molecule has 1 aromatic rings. The summed E-state index contributed by atoms with van der Waals surface area (Å²) in [6, 6.07) is 8.98. The first kappa shape index (κ1) is 10.0. The monoisotopic (exact) mass is 187 g/mol. The molecular weight excluding hydrogens is 178 g/mol. The van der Waals surface area contributed by atoms with Crippen molar-refractivity contribution < 1.29 is 9.90 Å². The highest BCUT2D eigenvalue weighted by Crippen LogP contribution is 2.11. The van der Waals surface area contributed by atoms with Gasteiger partial charge in [-0.15, -0.1) is 0 Å². The fourth-order valence-corrected chi connectivity index (χ4v) is 1.15. The number of carboxylic acids is 1. The van der Waals surface area contributed by atoms with Gasteiger partial charge in [0.1, 0.15) is 0 Å². The van der Waals surface area contributed by atoms with Crippen molar-refractivity contribution in [2.75, 3.05) is 0 Å². The van der Waals surface area contributed by atoms with Crippen molar-refractivity contribution in [3.63, 3.8) is 0 Å². The highest BCUT2D eigenvalue weighted by Gasteiger charge is 2.03. The Hall–Kier alpha value is -2.08. The maximum atomic E-state index is 10.5. The molecule has 0 aliphatic rings. The standard InChI is InChI=1S/C11H9NO2/c12-7-3-6-9-4-1-2-5-10(9)8-11(13)14/h1-6H,8H2,(H,13,14). The molecule has 14 heavy (non-hydrogen) atoms. The Kier molecular flexibility index (Phi) is 3.45. The molecule has 0 amide bonds. The molecule has 0 aliphatic carbocycles. The molecule has 0 saturated heterocycles. The lowest BCUT2D eigenvalue weighted by Gasteiger charge is -2.01. The zero-order chi connectivity index (χ0) is 10.4. The molecule has 70 valence electrons. The van der Waals surface area contributed by atoms with E-state index in [1.54, 1.807) is 24.3 Å². The number of allylic oxidation sites excluding steroid dienone is 1. The van der Waals surface area contributed by atoms with Crippen LogP contribution in [0.5, 0.6) is 0 Å². The van der Waals surface area contributed by atoms with Gasteiger partial charge in [-0.25, -0.2) is 0 Å². The lowest BCUT2D eigenvalue weighted by atomic mass is 10.0. The van der Waals surface area contributed by atoms with E-state index in [0.717, 1.165) is 5.56 Å². The molecule has 3 heteroatoms. The minimum atomic E-state index is -0.872. The number of aliphatic carboxylic acids is 1. The summed E-state index contributed by atoms with van der Waals surface area (Å²) in [4.78, 5) is 10.5. The van der Waals surface area contributed by atoms with E-state index in [-0.39, 0.29) is 6.42 Å². The number of hydrogen-bond donors (Lipinski definition) is 1. The third-order valence-electron chi connectivity index (χ3n) is 1.73. The minimum Gasteiger partial charge on any atom is -0.481 e. The molecule has 0 aromatic heterocycles. The van der Waals surface area contributed by atoms with E-state index in [0.29, 0.717) is 5.56 Å². The van der Waals surface area contributed by atoms with Gasteiger partial charge in [0, 0.05) is 6.08 Å².